The molecule has 0 radical (unpaired) electrons. The minimum Gasteiger partial charge on any atom is -0.480 e. The number of fused-ring (bicyclic) bond motifs is 1. The molecule has 0 saturated carbocycles. The fourth-order valence-corrected chi connectivity index (χ4v) is 3.17. The zero-order valence-corrected chi connectivity index (χ0v) is 22.0. The molecule has 29 heavy (non-hydrogen) atoms. The Balaban J connectivity index is 0.00000300. The van der Waals surface area contributed by atoms with E-state index in [4.69, 9.17) is 15.6 Å². The molecule has 146 valence electrons. The van der Waals surface area contributed by atoms with Crippen molar-refractivity contribution in [3.63, 3.8) is 0 Å². The number of aliphatic carboxylic acids is 1. The molecule has 2 heterocycles. The summed E-state index contributed by atoms with van der Waals surface area (Å²) in [5, 5.41) is 18.9. The van der Waals surface area contributed by atoms with Gasteiger partial charge in [0.05, 0.1) is 17.7 Å². The summed E-state index contributed by atoms with van der Waals surface area (Å²) in [7, 11) is 0. The molecule has 4 N–H and O–H groups in total. The van der Waals surface area contributed by atoms with Crippen LogP contribution in [0.3, 0.4) is 0 Å². The van der Waals surface area contributed by atoms with Gasteiger partial charge < -0.3 is 25.1 Å². The van der Waals surface area contributed by atoms with Crippen molar-refractivity contribution in [1.82, 2.24) is 4.40 Å². The number of Topliss-reactive ketones (excluding diaryl/α,β-unsaturated/α-hetero) is 1. The van der Waals surface area contributed by atoms with Crippen LogP contribution in [0.2, 0.25) is 0 Å². The van der Waals surface area contributed by atoms with Gasteiger partial charge in [-0.15, -0.1) is 0 Å². The molecule has 0 spiro atoms. The van der Waals surface area contributed by atoms with E-state index in [0.717, 1.165) is 5.56 Å². The Labute approximate surface area is 159 Å². The molecule has 8 nitrogen and oxygen atoms in total. The van der Waals surface area contributed by atoms with E-state index in [1.54, 1.807) is 16.7 Å². The van der Waals surface area contributed by atoms with Gasteiger partial charge in [0.2, 0.25) is 0 Å². The fourth-order valence-electron chi connectivity index (χ4n) is 3.17. The number of rotatable bonds is 8. The zero-order valence-electron chi connectivity index (χ0n) is 15.5. The molecule has 1 amide bonds. The number of ether oxygens (including phenoxy) is 1. The number of carboxylic acid groups (broad SMARTS) is 1. The topological polar surface area (TPSA) is 131 Å². The number of carbonyl (C=O) groups is 3. The zero-order chi connectivity index (χ0) is 20.3. The quantitative estimate of drug-likeness (QED) is 0.248. The number of hydrogen-bond acceptors (Lipinski definition) is 5. The van der Waals surface area contributed by atoms with Gasteiger partial charge in [-0.2, -0.15) is 0 Å². The van der Waals surface area contributed by atoms with Crippen LogP contribution in [0.25, 0.3) is 5.52 Å². The number of aromatic nitrogens is 1. The molecule has 0 aliphatic heterocycles. The number of nitrogens with two attached hydrogens (primary N) is 1. The molecule has 0 aliphatic carbocycles. The van der Waals surface area contributed by atoms with E-state index in [9.17, 15) is 19.5 Å². The Morgan fingerprint density at radius 3 is 2.34 bits per heavy atom. The summed E-state index contributed by atoms with van der Waals surface area (Å²) in [5.74, 6) is -3.25. The fraction of sp³-hybridized carbons (Fsp3) is 0.150. The molecule has 3 rings (SSSR count). The van der Waals surface area contributed by atoms with Crippen molar-refractivity contribution in [3.05, 3.63) is 71.0 Å². The summed E-state index contributed by atoms with van der Waals surface area (Å²) in [4.78, 5) is 35.0. The van der Waals surface area contributed by atoms with Crippen LogP contribution in [0.4, 0.5) is 0 Å². The average Bonchev–Trinajstić information content (AvgIpc) is 3.00. The molecule has 0 saturated heterocycles. The van der Waals surface area contributed by atoms with Crippen LogP contribution in [0.1, 0.15) is 27.2 Å². The van der Waals surface area contributed by atoms with Gasteiger partial charge in [0.15, 0.2) is 6.61 Å². The number of carbonyl (C=O) groups excluding carboxylic acids is 2. The van der Waals surface area contributed by atoms with Gasteiger partial charge in [0.1, 0.15) is 5.75 Å². The van der Waals surface area contributed by atoms with Crippen molar-refractivity contribution in [3.8, 4) is 5.75 Å². The number of hydrogen-bond donors (Lipinski definition) is 3. The van der Waals surface area contributed by atoms with Crippen molar-refractivity contribution < 1.29 is 29.3 Å². The van der Waals surface area contributed by atoms with E-state index < -0.39 is 30.9 Å². The predicted octanol–water partition coefficient (Wildman–Crippen LogP) is 1.15. The van der Waals surface area contributed by atoms with Crippen LogP contribution in [0, 0.1) is 0 Å². The molecule has 3 aromatic rings. The second-order valence-corrected chi connectivity index (χ2v) is 6.09. The van der Waals surface area contributed by atoms with Gasteiger partial charge >= 0.3 is 5.97 Å². The number of primary amides is 1. The first-order chi connectivity index (χ1) is 13.4. The Hall–Kier alpha value is -4.65. The van der Waals surface area contributed by atoms with Gasteiger partial charge in [-0.1, -0.05) is 30.3 Å². The molecule has 0 bridgehead atoms. The predicted molar refractivity (Wildman–Crippen MR) is 99.2 cm³/mol. The molecular formula is C20H18BhN2O6. The number of aliphatic hydroxyl groups excluding tert-OH is 1. The van der Waals surface area contributed by atoms with E-state index in [0.29, 0.717) is 12.1 Å². The number of amides is 1. The first-order valence-electron chi connectivity index (χ1n) is 8.42. The maximum atomic E-state index is 12.5. The maximum Gasteiger partial charge on any atom is 0.341 e. The van der Waals surface area contributed by atoms with Crippen LogP contribution in [-0.2, 0) is 22.6 Å². The monoisotopic (exact) mass is 652 g/mol. The third-order valence-electron chi connectivity index (χ3n) is 4.31. The normalized spacial score (nSPS) is 10.4. The smallest absolute Gasteiger partial charge is 0.341 e. The van der Waals surface area contributed by atoms with E-state index in [-0.39, 0.29) is 22.4 Å². The van der Waals surface area contributed by atoms with E-state index in [2.05, 4.69) is 0 Å². The van der Waals surface area contributed by atoms with Crippen molar-refractivity contribution >= 4 is 23.2 Å². The van der Waals surface area contributed by atoms with E-state index >= 15 is 0 Å². The summed E-state index contributed by atoms with van der Waals surface area (Å²) in [6.07, 6.45) is 2.02. The van der Waals surface area contributed by atoms with Crippen LogP contribution in [0.5, 0.6) is 5.75 Å². The minimum atomic E-state index is -1.19. The van der Waals surface area contributed by atoms with Crippen LogP contribution < -0.4 is 10.5 Å². The van der Waals surface area contributed by atoms with Crippen molar-refractivity contribution in [2.45, 2.75) is 13.0 Å². The second-order valence-electron chi connectivity index (χ2n) is 6.09. The number of aliphatic hydroxyl groups is 1. The van der Waals surface area contributed by atoms with Crippen molar-refractivity contribution in [1.29, 1.82) is 0 Å². The van der Waals surface area contributed by atoms with E-state index in [1.165, 1.54) is 6.07 Å². The van der Waals surface area contributed by atoms with Crippen molar-refractivity contribution in [2.75, 3.05) is 6.61 Å². The summed E-state index contributed by atoms with van der Waals surface area (Å²) in [6.45, 7) is -1.13. The van der Waals surface area contributed by atoms with E-state index in [1.807, 2.05) is 30.3 Å². The molecule has 0 unspecified atom stereocenters. The molecule has 0 atom stereocenters. The Bertz CT molecular complexity index is 1060. The second kappa shape index (κ2) is 8.36. The molecule has 0 aliphatic rings. The van der Waals surface area contributed by atoms with Crippen LogP contribution in [-0.4, -0.2) is 38.9 Å². The first kappa shape index (κ1) is 20.7. The largest absolute Gasteiger partial charge is 0.480 e. The summed E-state index contributed by atoms with van der Waals surface area (Å²) >= 11 is 0. The average molecular weight is 652 g/mol. The SMILES string of the molecule is NC(=O)C(=O)c1c(CO)c(Cc2ccccc2)n2cccc(OCC(=O)O)c12.[Bh]. The van der Waals surface area contributed by atoms with Gasteiger partial charge in [0.25, 0.3) is 11.7 Å². The number of ketones is 1. The third kappa shape index (κ3) is 3.88. The molecule has 0 fully saturated rings. The molecule has 2 aromatic heterocycles. The summed E-state index contributed by atoms with van der Waals surface area (Å²) in [6, 6.07) is 12.5. The Morgan fingerprint density at radius 1 is 1.07 bits per heavy atom. The van der Waals surface area contributed by atoms with Crippen LogP contribution in [0.15, 0.2) is 48.7 Å². The summed E-state index contributed by atoms with van der Waals surface area (Å²) in [5.41, 5.74) is 7.07. The van der Waals surface area contributed by atoms with Crippen LogP contribution >= 0.6 is 0 Å². The Kier molecular flexibility index (Phi) is 5.96. The van der Waals surface area contributed by atoms with Crippen molar-refractivity contribution in [2.24, 2.45) is 5.73 Å². The maximum absolute atomic E-state index is 12.5. The number of benzene rings is 1. The Morgan fingerprint density at radius 2 is 1.76 bits per heavy atom. The summed E-state index contributed by atoms with van der Waals surface area (Å²) < 4.78 is 6.92. The molecule has 9 heteroatoms. The van der Waals surface area contributed by atoms with Gasteiger partial charge in [-0.25, -0.2) is 4.79 Å². The van der Waals surface area contributed by atoms with Gasteiger partial charge in [-0.3, -0.25) is 9.59 Å². The minimum absolute atomic E-state index is 0. The van der Waals surface area contributed by atoms with Gasteiger partial charge in [-0.05, 0) is 17.7 Å². The molecule has 1 aromatic carbocycles. The first-order valence-corrected chi connectivity index (χ1v) is 8.42. The third-order valence-corrected chi connectivity index (χ3v) is 4.31. The van der Waals surface area contributed by atoms with Gasteiger partial charge in [0, 0.05) is 23.9 Å². The molecular weight excluding hydrogens is 634 g/mol. The number of nitrogens with zero attached hydrogens (tertiary/aromatic N) is 1. The number of carboxylic acids is 1. The number of pyridine rings is 1. The standard InChI is InChI=1S/C20H18N2O6.Bh/c21-20(27)19(26)17-13(10-23)14(9-12-5-2-1-3-6-12)22-8-4-7-15(18(17)22)28-11-16(24)25;/h1-8,23H,9-11H2,(H2,21,27)(H,24,25);.